The van der Waals surface area contributed by atoms with E-state index in [1.807, 2.05) is 0 Å². The van der Waals surface area contributed by atoms with Crippen molar-refractivity contribution in [3.63, 3.8) is 0 Å². The van der Waals surface area contributed by atoms with E-state index < -0.39 is 51.8 Å². The van der Waals surface area contributed by atoms with Crippen molar-refractivity contribution in [2.45, 2.75) is 146 Å². The van der Waals surface area contributed by atoms with Crippen LogP contribution in [0.1, 0.15) is 151 Å². The maximum atomic E-state index is 13.0. The third-order valence-corrected chi connectivity index (χ3v) is 19.3. The molecule has 63 heavy (non-hydrogen) atoms. The van der Waals surface area contributed by atoms with E-state index in [1.165, 1.54) is 94.0 Å². The quantitative estimate of drug-likeness (QED) is 0.131. The van der Waals surface area contributed by atoms with E-state index in [9.17, 15) is 43.2 Å². The summed E-state index contributed by atoms with van der Waals surface area (Å²) in [4.78, 5) is -4.38. The molecule has 1 N–H and O–H groups in total. The average Bonchev–Trinajstić information content (AvgIpc) is 3.60. The Labute approximate surface area is 385 Å². The van der Waals surface area contributed by atoms with Crippen molar-refractivity contribution in [1.29, 1.82) is 5.41 Å². The SMILES string of the molecule is CC(C)c1cc(C(C)C)c(-c2ccccc2P(C2CCCCC2)C2CCCCC2)c(C(C)C)c1.N=C1C2=Cc3ccccc3C2=CC(S(=O)(=O)C(F)(F)F)=C1S(=O)(=O)C(F)(F)F.[Au+]. The van der Waals surface area contributed by atoms with Crippen LogP contribution in [0.25, 0.3) is 22.8 Å². The monoisotopic (exact) mass is 1120 g/mol. The molecule has 0 heterocycles. The number of allylic oxidation sites excluding steroid dienone is 4. The molecule has 346 valence electrons. The molecule has 0 atom stereocenters. The summed E-state index contributed by atoms with van der Waals surface area (Å²) in [6.07, 6.45) is 15.9. The molecule has 7 rings (SSSR count). The molecule has 3 aromatic rings. The summed E-state index contributed by atoms with van der Waals surface area (Å²) in [5.41, 5.74) is -4.24. The molecule has 2 saturated carbocycles. The molecule has 0 unspecified atom stereocenters. The summed E-state index contributed by atoms with van der Waals surface area (Å²) < 4.78 is 126. The first kappa shape index (κ1) is 51.2. The summed E-state index contributed by atoms with van der Waals surface area (Å²) in [7, 11) is -13.2. The van der Waals surface area contributed by atoms with Crippen LogP contribution >= 0.6 is 7.92 Å². The molecule has 5 nitrogen and oxygen atoms in total. The van der Waals surface area contributed by atoms with Crippen LogP contribution in [0.2, 0.25) is 0 Å². The van der Waals surface area contributed by atoms with E-state index in [2.05, 4.69) is 77.9 Å². The van der Waals surface area contributed by atoms with E-state index in [1.54, 1.807) is 27.6 Å². The molecule has 4 aliphatic rings. The van der Waals surface area contributed by atoms with Crippen molar-refractivity contribution in [3.8, 4) is 11.1 Å². The Morgan fingerprint density at radius 3 is 1.52 bits per heavy atom. The Kier molecular flexibility index (Phi) is 16.2. The Balaban J connectivity index is 0.000000238. The largest absolute Gasteiger partial charge is 1.00 e. The second kappa shape index (κ2) is 20.0. The van der Waals surface area contributed by atoms with Gasteiger partial charge in [-0.2, -0.15) is 26.3 Å². The first-order valence-electron chi connectivity index (χ1n) is 21.5. The molecule has 0 bridgehead atoms. The second-order valence-corrected chi connectivity index (χ2v) is 24.3. The van der Waals surface area contributed by atoms with Crippen LogP contribution in [0.3, 0.4) is 0 Å². The van der Waals surface area contributed by atoms with Gasteiger partial charge in [-0.05, 0) is 117 Å². The van der Waals surface area contributed by atoms with Gasteiger partial charge in [-0.25, -0.2) is 16.8 Å². The molecule has 0 saturated heterocycles. The molecule has 15 heteroatoms. The molecule has 0 aromatic heterocycles. The number of hydrogen-bond donors (Lipinski definition) is 1. The minimum atomic E-state index is -6.58. The Bertz CT molecular complexity index is 2470. The minimum absolute atomic E-state index is 0. The van der Waals surface area contributed by atoms with Crippen molar-refractivity contribution in [2.75, 3.05) is 0 Å². The summed E-state index contributed by atoms with van der Waals surface area (Å²) in [5, 5.41) is 9.57. The van der Waals surface area contributed by atoms with Crippen LogP contribution in [0.5, 0.6) is 0 Å². The molecule has 0 spiro atoms. The summed E-state index contributed by atoms with van der Waals surface area (Å²) in [6.45, 7) is 14.3. The van der Waals surface area contributed by atoms with Gasteiger partial charge in [0.2, 0.25) is 0 Å². The number of sulfone groups is 2. The summed E-state index contributed by atoms with van der Waals surface area (Å²) >= 11 is 0. The predicted molar refractivity (Wildman–Crippen MR) is 242 cm³/mol. The number of rotatable bonds is 9. The summed E-state index contributed by atoms with van der Waals surface area (Å²) in [6, 6.07) is 20.5. The maximum Gasteiger partial charge on any atom is 1.00 e. The maximum absolute atomic E-state index is 13.0. The molecule has 2 fully saturated rings. The van der Waals surface area contributed by atoms with Gasteiger partial charge in [0, 0.05) is 5.57 Å². The third-order valence-electron chi connectivity index (χ3n) is 12.5. The smallest absolute Gasteiger partial charge is 0.299 e. The average molecular weight is 1120 g/mol. The van der Waals surface area contributed by atoms with Gasteiger partial charge in [0.15, 0.2) is 0 Å². The molecule has 4 aliphatic carbocycles. The van der Waals surface area contributed by atoms with Gasteiger partial charge in [0.05, 0.1) is 10.6 Å². The number of halogens is 6. The number of fused-ring (bicyclic) bond motifs is 3. The fraction of sp³-hybridized carbons (Fsp3) is 0.479. The first-order chi connectivity index (χ1) is 29.0. The second-order valence-electron chi connectivity index (χ2n) is 17.7. The van der Waals surface area contributed by atoms with Gasteiger partial charge in [-0.15, -0.1) is 0 Å². The molecule has 0 aliphatic heterocycles. The number of benzene rings is 3. The van der Waals surface area contributed by atoms with E-state index in [4.69, 9.17) is 5.41 Å². The van der Waals surface area contributed by atoms with Crippen LogP contribution in [0, 0.1) is 5.41 Å². The van der Waals surface area contributed by atoms with E-state index in [-0.39, 0.29) is 53.1 Å². The van der Waals surface area contributed by atoms with Crippen LogP contribution < -0.4 is 5.30 Å². The Hall–Kier alpha value is -2.80. The van der Waals surface area contributed by atoms with E-state index >= 15 is 0 Å². The predicted octanol–water partition coefficient (Wildman–Crippen LogP) is 14.1. The van der Waals surface area contributed by atoms with Crippen molar-refractivity contribution < 1.29 is 65.6 Å². The third kappa shape index (κ3) is 10.3. The Morgan fingerprint density at radius 2 is 1.06 bits per heavy atom. The Morgan fingerprint density at radius 1 is 0.603 bits per heavy atom. The zero-order valence-electron chi connectivity index (χ0n) is 36.4. The van der Waals surface area contributed by atoms with Gasteiger partial charge < -0.3 is 0 Å². The van der Waals surface area contributed by atoms with Crippen molar-refractivity contribution in [1.82, 2.24) is 0 Å². The first-order valence-corrected chi connectivity index (χ1v) is 26.0. The van der Waals surface area contributed by atoms with E-state index in [0.717, 1.165) is 17.4 Å². The van der Waals surface area contributed by atoms with Crippen molar-refractivity contribution >= 4 is 50.3 Å². The van der Waals surface area contributed by atoms with Gasteiger partial charge >= 0.3 is 33.4 Å². The van der Waals surface area contributed by atoms with Crippen LogP contribution in [-0.4, -0.2) is 44.9 Å². The normalized spacial score (nSPS) is 17.9. The molecule has 0 radical (unpaired) electrons. The van der Waals surface area contributed by atoms with Crippen molar-refractivity contribution in [2.24, 2.45) is 0 Å². The summed E-state index contributed by atoms with van der Waals surface area (Å²) in [5.74, 6) is 1.64. The van der Waals surface area contributed by atoms with Gasteiger partial charge in [-0.3, -0.25) is 5.41 Å². The fourth-order valence-corrected chi connectivity index (χ4v) is 15.8. The zero-order valence-corrected chi connectivity index (χ0v) is 41.0. The molecule has 3 aromatic carbocycles. The minimum Gasteiger partial charge on any atom is -0.299 e. The van der Waals surface area contributed by atoms with Crippen molar-refractivity contribution in [3.05, 3.63) is 110 Å². The molecule has 0 amide bonds. The standard InChI is InChI=1S/C33H49P.C15H7F6NO4S2.Au/c1-23(2)26-21-30(24(3)4)33(31(22-26)25(5)6)29-19-13-14-20-32(29)34(27-15-9-7-10-16-27)28-17-11-8-12-18-28;16-14(17,18)27(23,24)11-6-9-8-4-2-1-3-7(8)5-10(9)12(22)13(11)28(25,26)15(19,20)21;/h13-14,19-25,27-28H,7-12,15-18H2,1-6H3;1-6,22H;/q;;+1. The van der Waals surface area contributed by atoms with Crippen LogP contribution in [-0.2, 0) is 42.1 Å². The van der Waals surface area contributed by atoms with Gasteiger partial charge in [-0.1, -0.05) is 149 Å². The number of alkyl halides is 6. The fourth-order valence-electron chi connectivity index (χ4n) is 9.34. The topological polar surface area (TPSA) is 92.1 Å². The number of nitrogens with one attached hydrogen (secondary N) is 1. The van der Waals surface area contributed by atoms with Crippen LogP contribution in [0.4, 0.5) is 26.3 Å². The zero-order chi connectivity index (χ0) is 45.5. The number of hydrogen-bond acceptors (Lipinski definition) is 5. The molecular weight excluding hydrogens is 1060 g/mol. The van der Waals surface area contributed by atoms with E-state index in [0.29, 0.717) is 17.8 Å². The molecular formula is C48H56AuF6NO4PS2+. The van der Waals surface area contributed by atoms with Gasteiger partial charge in [0.1, 0.15) is 4.91 Å². The van der Waals surface area contributed by atoms with Gasteiger partial charge in [0.25, 0.3) is 19.7 Å². The van der Waals surface area contributed by atoms with Crippen LogP contribution in [0.15, 0.2) is 82.1 Å².